The zero-order valence-corrected chi connectivity index (χ0v) is 16.5. The van der Waals surface area contributed by atoms with Gasteiger partial charge in [0.25, 0.3) is 0 Å². The van der Waals surface area contributed by atoms with Crippen LogP contribution in [0.15, 0.2) is 71.8 Å². The third kappa shape index (κ3) is 3.08. The summed E-state index contributed by atoms with van der Waals surface area (Å²) in [4.78, 5) is 0. The molecule has 0 saturated carbocycles. The van der Waals surface area contributed by atoms with Crippen molar-refractivity contribution in [2.24, 2.45) is 5.10 Å². The molecule has 3 aromatic carbocycles. The quantitative estimate of drug-likeness (QED) is 0.641. The van der Waals surface area contributed by atoms with E-state index in [-0.39, 0.29) is 11.8 Å². The van der Waals surface area contributed by atoms with Crippen LogP contribution in [0.1, 0.15) is 35.4 Å². The van der Waals surface area contributed by atoms with Gasteiger partial charge >= 0.3 is 0 Å². The van der Waals surface area contributed by atoms with E-state index in [1.807, 2.05) is 47.5 Å². The number of fused-ring (bicyclic) bond motifs is 3. The van der Waals surface area contributed by atoms with Gasteiger partial charge in [0.15, 0.2) is 0 Å². The van der Waals surface area contributed by atoms with Crippen molar-refractivity contribution in [3.63, 3.8) is 0 Å². The molecule has 0 spiro atoms. The van der Waals surface area contributed by atoms with Crippen molar-refractivity contribution in [3.05, 3.63) is 88.4 Å². The zero-order valence-electron chi connectivity index (χ0n) is 15.7. The standard InChI is InChI=1S/C23H19ClN2O3/c1-28-16-9-6-14(7-10-16)19-13-20-17-4-2-3-5-22(17)29-23(26(20)25-19)18-12-15(24)8-11-21(18)27/h2-12,20,23,27H,13H2,1H3/t20-,23+/m1/s1. The van der Waals surface area contributed by atoms with Gasteiger partial charge in [-0.15, -0.1) is 0 Å². The first-order valence-electron chi connectivity index (χ1n) is 9.38. The van der Waals surface area contributed by atoms with Gasteiger partial charge < -0.3 is 14.6 Å². The first kappa shape index (κ1) is 17.9. The van der Waals surface area contributed by atoms with Crippen LogP contribution in [0.2, 0.25) is 5.02 Å². The van der Waals surface area contributed by atoms with Crippen LogP contribution < -0.4 is 9.47 Å². The molecule has 0 aliphatic carbocycles. The van der Waals surface area contributed by atoms with E-state index in [9.17, 15) is 5.11 Å². The number of para-hydroxylation sites is 1. The largest absolute Gasteiger partial charge is 0.507 e. The second-order valence-electron chi connectivity index (χ2n) is 7.09. The number of hydrogen-bond donors (Lipinski definition) is 1. The van der Waals surface area contributed by atoms with E-state index in [1.54, 1.807) is 25.3 Å². The smallest absolute Gasteiger partial charge is 0.217 e. The maximum Gasteiger partial charge on any atom is 0.217 e. The fourth-order valence-corrected chi connectivity index (χ4v) is 4.10. The van der Waals surface area contributed by atoms with Gasteiger partial charge in [-0.2, -0.15) is 5.10 Å². The molecule has 0 unspecified atom stereocenters. The maximum absolute atomic E-state index is 10.5. The minimum atomic E-state index is -0.565. The molecule has 5 rings (SSSR count). The molecule has 5 nitrogen and oxygen atoms in total. The Labute approximate surface area is 173 Å². The van der Waals surface area contributed by atoms with Crippen LogP contribution in [0.4, 0.5) is 0 Å². The Balaban J connectivity index is 1.59. The highest BCUT2D eigenvalue weighted by molar-refractivity contribution is 6.30. The van der Waals surface area contributed by atoms with Crippen molar-refractivity contribution in [2.75, 3.05) is 7.11 Å². The number of phenols is 1. The minimum absolute atomic E-state index is 0.0143. The Bertz CT molecular complexity index is 1100. The summed E-state index contributed by atoms with van der Waals surface area (Å²) < 4.78 is 11.5. The molecule has 0 bridgehead atoms. The first-order chi connectivity index (χ1) is 14.1. The number of phenolic OH excluding ortho intramolecular Hbond substituents is 1. The van der Waals surface area contributed by atoms with E-state index in [2.05, 4.69) is 6.07 Å². The van der Waals surface area contributed by atoms with Crippen molar-refractivity contribution in [1.82, 2.24) is 5.01 Å². The van der Waals surface area contributed by atoms with Gasteiger partial charge in [0.05, 0.1) is 24.4 Å². The van der Waals surface area contributed by atoms with E-state index >= 15 is 0 Å². The average molecular weight is 407 g/mol. The monoisotopic (exact) mass is 406 g/mol. The predicted octanol–water partition coefficient (Wildman–Crippen LogP) is 5.30. The molecule has 0 saturated heterocycles. The number of hydrogen-bond acceptors (Lipinski definition) is 5. The van der Waals surface area contributed by atoms with Gasteiger partial charge in [0.2, 0.25) is 6.23 Å². The molecule has 2 aliphatic rings. The van der Waals surface area contributed by atoms with Gasteiger partial charge in [-0.25, -0.2) is 5.01 Å². The normalized spacial score (nSPS) is 19.8. The average Bonchev–Trinajstić information content (AvgIpc) is 3.21. The van der Waals surface area contributed by atoms with Crippen molar-refractivity contribution in [1.29, 1.82) is 0 Å². The van der Waals surface area contributed by atoms with Crippen molar-refractivity contribution >= 4 is 17.3 Å². The Kier molecular flexibility index (Phi) is 4.32. The number of methoxy groups -OCH3 is 1. The molecule has 2 atom stereocenters. The molecule has 2 heterocycles. The van der Waals surface area contributed by atoms with Gasteiger partial charge in [-0.1, -0.05) is 29.8 Å². The molecule has 29 heavy (non-hydrogen) atoms. The molecule has 0 fully saturated rings. The summed E-state index contributed by atoms with van der Waals surface area (Å²) in [6.07, 6.45) is 0.175. The van der Waals surface area contributed by atoms with Crippen LogP contribution in [0.25, 0.3) is 0 Å². The summed E-state index contributed by atoms with van der Waals surface area (Å²) in [5, 5.41) is 17.8. The highest BCUT2D eigenvalue weighted by Crippen LogP contribution is 2.48. The first-order valence-corrected chi connectivity index (χ1v) is 9.76. The van der Waals surface area contributed by atoms with Gasteiger partial charge in [0, 0.05) is 17.0 Å². The number of hydrazone groups is 1. The molecule has 1 N–H and O–H groups in total. The number of nitrogens with zero attached hydrogens (tertiary/aromatic N) is 2. The Morgan fingerprint density at radius 2 is 1.86 bits per heavy atom. The fraction of sp³-hybridized carbons (Fsp3) is 0.174. The molecule has 146 valence electrons. The van der Waals surface area contributed by atoms with Crippen LogP contribution in [-0.4, -0.2) is 22.9 Å². The number of rotatable bonds is 3. The van der Waals surface area contributed by atoms with Gasteiger partial charge in [-0.3, -0.25) is 0 Å². The van der Waals surface area contributed by atoms with Crippen LogP contribution >= 0.6 is 11.6 Å². The molecule has 0 radical (unpaired) electrons. The highest BCUT2D eigenvalue weighted by Gasteiger charge is 2.41. The lowest BCUT2D eigenvalue weighted by Crippen LogP contribution is -2.33. The number of halogens is 1. The molecule has 0 amide bonds. The molecule has 2 aliphatic heterocycles. The Morgan fingerprint density at radius 3 is 2.66 bits per heavy atom. The molecular weight excluding hydrogens is 388 g/mol. The van der Waals surface area contributed by atoms with E-state index < -0.39 is 6.23 Å². The third-order valence-electron chi connectivity index (χ3n) is 5.38. The topological polar surface area (TPSA) is 54.3 Å². The summed E-state index contributed by atoms with van der Waals surface area (Å²) in [7, 11) is 1.65. The second-order valence-corrected chi connectivity index (χ2v) is 7.52. The Hall–Kier alpha value is -3.18. The maximum atomic E-state index is 10.5. The van der Waals surface area contributed by atoms with E-state index in [4.69, 9.17) is 26.2 Å². The van der Waals surface area contributed by atoms with Crippen LogP contribution in [0.5, 0.6) is 17.2 Å². The molecule has 6 heteroatoms. The van der Waals surface area contributed by atoms with Crippen molar-refractivity contribution in [3.8, 4) is 17.2 Å². The Morgan fingerprint density at radius 1 is 1.07 bits per heavy atom. The number of ether oxygens (including phenoxy) is 2. The SMILES string of the molecule is COc1ccc(C2=NN3[C@H](C2)c2ccccc2O[C@H]3c2cc(Cl)ccc2O)cc1. The lowest BCUT2D eigenvalue weighted by molar-refractivity contribution is -0.0203. The van der Waals surface area contributed by atoms with Crippen LogP contribution in [-0.2, 0) is 0 Å². The lowest BCUT2D eigenvalue weighted by atomic mass is 9.96. The minimum Gasteiger partial charge on any atom is -0.507 e. The van der Waals surface area contributed by atoms with E-state index in [0.29, 0.717) is 10.6 Å². The molecule has 0 aromatic heterocycles. The molecule has 3 aromatic rings. The summed E-state index contributed by atoms with van der Waals surface area (Å²) in [6.45, 7) is 0. The van der Waals surface area contributed by atoms with E-state index in [1.165, 1.54) is 0 Å². The molecular formula is C23H19ClN2O3. The number of aromatic hydroxyl groups is 1. The zero-order chi connectivity index (χ0) is 20.0. The summed E-state index contributed by atoms with van der Waals surface area (Å²) in [5.41, 5.74) is 3.67. The van der Waals surface area contributed by atoms with Gasteiger partial charge in [-0.05, 0) is 54.1 Å². The predicted molar refractivity (Wildman–Crippen MR) is 112 cm³/mol. The highest BCUT2D eigenvalue weighted by atomic mass is 35.5. The second kappa shape index (κ2) is 7.01. The summed E-state index contributed by atoms with van der Waals surface area (Å²) in [6, 6.07) is 20.8. The third-order valence-corrected chi connectivity index (χ3v) is 5.61. The van der Waals surface area contributed by atoms with Crippen molar-refractivity contribution in [2.45, 2.75) is 18.7 Å². The number of benzene rings is 3. The summed E-state index contributed by atoms with van der Waals surface area (Å²) >= 11 is 6.20. The van der Waals surface area contributed by atoms with Crippen molar-refractivity contribution < 1.29 is 14.6 Å². The van der Waals surface area contributed by atoms with E-state index in [0.717, 1.165) is 34.8 Å². The summed E-state index contributed by atoms with van der Waals surface area (Å²) in [5.74, 6) is 1.73. The fourth-order valence-electron chi connectivity index (χ4n) is 3.92. The van der Waals surface area contributed by atoms with Crippen LogP contribution in [0.3, 0.4) is 0 Å². The lowest BCUT2D eigenvalue weighted by Gasteiger charge is -2.38. The van der Waals surface area contributed by atoms with Crippen LogP contribution in [0, 0.1) is 0 Å². The van der Waals surface area contributed by atoms with Gasteiger partial charge in [0.1, 0.15) is 17.2 Å².